The van der Waals surface area contributed by atoms with Crippen molar-refractivity contribution in [2.45, 2.75) is 6.42 Å². The zero-order valence-electron chi connectivity index (χ0n) is 7.67. The van der Waals surface area contributed by atoms with Gasteiger partial charge in [0.15, 0.2) is 10.9 Å². The third-order valence-corrected chi connectivity index (χ3v) is 2.25. The van der Waals surface area contributed by atoms with Crippen LogP contribution in [0.4, 0.5) is 5.69 Å². The van der Waals surface area contributed by atoms with Crippen LogP contribution in [0.1, 0.15) is 5.56 Å². The van der Waals surface area contributed by atoms with Gasteiger partial charge >= 0.3 is 0 Å². The van der Waals surface area contributed by atoms with E-state index >= 15 is 0 Å². The van der Waals surface area contributed by atoms with E-state index in [0.29, 0.717) is 12.1 Å². The maximum Gasteiger partial charge on any atom is 0.156 e. The molecule has 0 N–H and O–H groups in total. The van der Waals surface area contributed by atoms with Crippen molar-refractivity contribution in [2.24, 2.45) is 4.36 Å². The Balaban J connectivity index is 2.95. The summed E-state index contributed by atoms with van der Waals surface area (Å²) < 4.78 is 19.3. The van der Waals surface area contributed by atoms with Crippen LogP contribution in [0, 0.1) is 11.3 Å². The van der Waals surface area contributed by atoms with E-state index in [2.05, 4.69) is 8.55 Å². The fraction of sp³-hybridized carbons (Fsp3) is 0.222. The van der Waals surface area contributed by atoms with E-state index in [0.717, 1.165) is 5.56 Å². The molecule has 4 nitrogen and oxygen atoms in total. The summed E-state index contributed by atoms with van der Waals surface area (Å²) in [4.78, 5) is 0. The van der Waals surface area contributed by atoms with Crippen LogP contribution in [0.25, 0.3) is 0 Å². The van der Waals surface area contributed by atoms with Crippen LogP contribution in [0.2, 0.25) is 0 Å². The van der Waals surface area contributed by atoms with E-state index in [1.165, 1.54) is 7.11 Å². The predicted molar refractivity (Wildman–Crippen MR) is 54.4 cm³/mol. The molecule has 14 heavy (non-hydrogen) atoms. The fourth-order valence-corrected chi connectivity index (χ4v) is 1.35. The molecule has 5 heteroatoms. The van der Waals surface area contributed by atoms with Crippen molar-refractivity contribution in [3.05, 3.63) is 29.8 Å². The van der Waals surface area contributed by atoms with Gasteiger partial charge in [0.1, 0.15) is 0 Å². The van der Waals surface area contributed by atoms with E-state index in [1.807, 2.05) is 12.1 Å². The second kappa shape index (κ2) is 5.37. The first-order valence-electron chi connectivity index (χ1n) is 3.95. The number of benzene rings is 1. The van der Waals surface area contributed by atoms with Crippen LogP contribution < -0.4 is 0 Å². The lowest BCUT2D eigenvalue weighted by Gasteiger charge is -1.96. The molecule has 0 aliphatic rings. The molecular formula is C9H10N2O2S. The van der Waals surface area contributed by atoms with Gasteiger partial charge < -0.3 is 0 Å². The first-order valence-corrected chi connectivity index (χ1v) is 5.08. The van der Waals surface area contributed by atoms with Crippen LogP contribution in [0.5, 0.6) is 0 Å². The molecule has 0 spiro atoms. The molecule has 0 amide bonds. The van der Waals surface area contributed by atoms with Gasteiger partial charge in [-0.05, 0) is 17.7 Å². The maximum atomic E-state index is 10.9. The number of hydrogen-bond acceptors (Lipinski definition) is 4. The number of rotatable bonds is 3. The molecule has 0 fully saturated rings. The minimum atomic E-state index is -1.98. The summed E-state index contributed by atoms with van der Waals surface area (Å²) in [5, 5.41) is 8.48. The van der Waals surface area contributed by atoms with Crippen LogP contribution in [0.15, 0.2) is 28.6 Å². The largest absolute Gasteiger partial charge is 0.290 e. The molecule has 0 saturated heterocycles. The summed E-state index contributed by atoms with van der Waals surface area (Å²) in [5.41, 5.74) is 1.42. The topological polar surface area (TPSA) is 62.4 Å². The minimum Gasteiger partial charge on any atom is -0.290 e. The van der Waals surface area contributed by atoms with Gasteiger partial charge in [0.05, 0.1) is 25.3 Å². The third kappa shape index (κ3) is 3.17. The van der Waals surface area contributed by atoms with Crippen molar-refractivity contribution >= 4 is 16.6 Å². The van der Waals surface area contributed by atoms with Gasteiger partial charge in [0.2, 0.25) is 0 Å². The molecule has 74 valence electrons. The Hall–Kier alpha value is -1.38. The quantitative estimate of drug-likeness (QED) is 0.771. The molecule has 1 rings (SSSR count). The van der Waals surface area contributed by atoms with Crippen molar-refractivity contribution < 1.29 is 8.39 Å². The summed E-state index contributed by atoms with van der Waals surface area (Å²) in [6.45, 7) is 0. The highest BCUT2D eigenvalue weighted by atomic mass is 32.2. The standard InChI is InChI=1S/C9H10N2O2S/c1-13-14(12)11-9-4-2-3-8(7-9)5-6-10/h2-4,7,14H,5H2,1H3. The number of hydrogen-bond donors (Lipinski definition) is 1. The zero-order chi connectivity index (χ0) is 10.4. The van der Waals surface area contributed by atoms with Crippen LogP contribution in [-0.2, 0) is 21.5 Å². The molecule has 0 aromatic heterocycles. The molecule has 0 aliphatic heterocycles. The lowest BCUT2D eigenvalue weighted by Crippen LogP contribution is -1.81. The molecule has 0 heterocycles. The number of nitriles is 1. The van der Waals surface area contributed by atoms with E-state index in [-0.39, 0.29) is 0 Å². The summed E-state index contributed by atoms with van der Waals surface area (Å²) in [7, 11) is -0.650. The van der Waals surface area contributed by atoms with Crippen molar-refractivity contribution in [1.29, 1.82) is 5.26 Å². The van der Waals surface area contributed by atoms with Gasteiger partial charge in [-0.15, -0.1) is 0 Å². The second-order valence-corrected chi connectivity index (χ2v) is 3.57. The van der Waals surface area contributed by atoms with Gasteiger partial charge in [-0.2, -0.15) is 9.62 Å². The second-order valence-electron chi connectivity index (χ2n) is 2.53. The van der Waals surface area contributed by atoms with Crippen molar-refractivity contribution in [1.82, 2.24) is 0 Å². The van der Waals surface area contributed by atoms with Crippen LogP contribution >= 0.6 is 0 Å². The van der Waals surface area contributed by atoms with Gasteiger partial charge in [-0.1, -0.05) is 12.1 Å². The molecule has 0 aliphatic carbocycles. The van der Waals surface area contributed by atoms with Crippen molar-refractivity contribution in [2.75, 3.05) is 7.11 Å². The summed E-state index contributed by atoms with van der Waals surface area (Å²) >= 11 is 0. The van der Waals surface area contributed by atoms with Crippen LogP contribution in [-0.4, -0.2) is 11.3 Å². The molecule has 0 saturated carbocycles. The first kappa shape index (κ1) is 10.7. The Kier molecular flexibility index (Phi) is 4.11. The van der Waals surface area contributed by atoms with Crippen molar-refractivity contribution in [3.8, 4) is 6.07 Å². The van der Waals surface area contributed by atoms with Crippen molar-refractivity contribution in [3.63, 3.8) is 0 Å². The van der Waals surface area contributed by atoms with E-state index in [4.69, 9.17) is 5.26 Å². The average Bonchev–Trinajstić information content (AvgIpc) is 2.19. The fourth-order valence-electron chi connectivity index (χ4n) is 0.955. The van der Waals surface area contributed by atoms with Gasteiger partial charge in [0, 0.05) is 0 Å². The zero-order valence-corrected chi connectivity index (χ0v) is 8.57. The van der Waals surface area contributed by atoms with Gasteiger partial charge in [-0.3, -0.25) is 4.18 Å². The van der Waals surface area contributed by atoms with E-state index < -0.39 is 10.9 Å². The summed E-state index contributed by atoms with van der Waals surface area (Å²) in [6, 6.07) is 9.06. The average molecular weight is 210 g/mol. The first-order chi connectivity index (χ1) is 6.76. The predicted octanol–water partition coefficient (Wildman–Crippen LogP) is 1.61. The van der Waals surface area contributed by atoms with Gasteiger partial charge in [0.25, 0.3) is 0 Å². The molecule has 0 bridgehead atoms. The Bertz CT molecular complexity index is 431. The van der Waals surface area contributed by atoms with Crippen LogP contribution in [0.3, 0.4) is 0 Å². The number of thiol groups is 1. The Morgan fingerprint density at radius 3 is 3.07 bits per heavy atom. The SMILES string of the molecule is CO[SH](=O)=Nc1cccc(CC#N)c1. The lowest BCUT2D eigenvalue weighted by atomic mass is 10.1. The molecule has 1 unspecified atom stereocenters. The Labute approximate surface area is 84.6 Å². The summed E-state index contributed by atoms with van der Waals surface area (Å²) in [6.07, 6.45) is 0.327. The molecule has 1 aromatic rings. The minimum absolute atomic E-state index is 0.327. The third-order valence-electron chi connectivity index (χ3n) is 1.55. The lowest BCUT2D eigenvalue weighted by molar-refractivity contribution is 0.453. The molecule has 1 aromatic carbocycles. The van der Waals surface area contributed by atoms with E-state index in [9.17, 15) is 4.21 Å². The highest BCUT2D eigenvalue weighted by Gasteiger charge is 1.93. The molecular weight excluding hydrogens is 200 g/mol. The smallest absolute Gasteiger partial charge is 0.156 e. The Morgan fingerprint density at radius 1 is 1.64 bits per heavy atom. The maximum absolute atomic E-state index is 10.9. The number of nitrogens with zero attached hydrogens (tertiary/aromatic N) is 2. The normalized spacial score (nSPS) is 12.3. The Morgan fingerprint density at radius 2 is 2.43 bits per heavy atom. The summed E-state index contributed by atoms with van der Waals surface area (Å²) in [5.74, 6) is 0. The van der Waals surface area contributed by atoms with Gasteiger partial charge in [-0.25, -0.2) is 4.21 Å². The molecule has 0 radical (unpaired) electrons. The highest BCUT2D eigenvalue weighted by molar-refractivity contribution is 7.69. The molecule has 1 atom stereocenters. The highest BCUT2D eigenvalue weighted by Crippen LogP contribution is 2.14. The van der Waals surface area contributed by atoms with E-state index in [1.54, 1.807) is 18.2 Å². The monoisotopic (exact) mass is 210 g/mol.